The van der Waals surface area contributed by atoms with Crippen molar-refractivity contribution in [2.45, 2.75) is 62.0 Å². The zero-order chi connectivity index (χ0) is 14.3. The van der Waals surface area contributed by atoms with E-state index in [-0.39, 0.29) is 6.04 Å². The predicted octanol–water partition coefficient (Wildman–Crippen LogP) is 1.84. The van der Waals surface area contributed by atoms with Crippen LogP contribution in [0.5, 0.6) is 0 Å². The summed E-state index contributed by atoms with van der Waals surface area (Å²) in [6.45, 7) is 0.388. The summed E-state index contributed by atoms with van der Waals surface area (Å²) in [7, 11) is -1.67. The molecule has 0 aromatic carbocycles. The van der Waals surface area contributed by atoms with E-state index in [1.807, 2.05) is 0 Å². The first kappa shape index (κ1) is 14.1. The van der Waals surface area contributed by atoms with E-state index < -0.39 is 10.0 Å². The van der Waals surface area contributed by atoms with Gasteiger partial charge in [-0.1, -0.05) is 12.8 Å². The highest BCUT2D eigenvalue weighted by molar-refractivity contribution is 7.89. The van der Waals surface area contributed by atoms with E-state index in [1.54, 1.807) is 23.6 Å². The average Bonchev–Trinajstić information content (AvgIpc) is 2.97. The zero-order valence-electron chi connectivity index (χ0n) is 12.0. The van der Waals surface area contributed by atoms with Crippen molar-refractivity contribution in [1.29, 1.82) is 0 Å². The molecule has 5 nitrogen and oxygen atoms in total. The molecule has 0 unspecified atom stereocenters. The second-order valence-corrected chi connectivity index (χ2v) is 7.97. The van der Waals surface area contributed by atoms with E-state index in [2.05, 4.69) is 4.57 Å². The third-order valence-corrected chi connectivity index (χ3v) is 6.45. The summed E-state index contributed by atoms with van der Waals surface area (Å²) in [5.74, 6) is 0. The number of hydrogen-bond acceptors (Lipinski definition) is 3. The molecule has 0 bridgehead atoms. The Kier molecular flexibility index (Phi) is 3.64. The van der Waals surface area contributed by atoms with Crippen LogP contribution in [0.1, 0.15) is 50.3 Å². The van der Waals surface area contributed by atoms with Crippen molar-refractivity contribution >= 4 is 10.0 Å². The second-order valence-electron chi connectivity index (χ2n) is 5.97. The molecule has 0 amide bonds. The smallest absolute Gasteiger partial charge is 0.244 e. The van der Waals surface area contributed by atoms with Gasteiger partial charge in [0.05, 0.1) is 0 Å². The SMILES string of the molecule is CN(C1CCCC1)S(=O)(=O)c1cc(CN)n(C2CC2)c1. The summed E-state index contributed by atoms with van der Waals surface area (Å²) in [6.07, 6.45) is 8.23. The zero-order valence-corrected chi connectivity index (χ0v) is 12.8. The van der Waals surface area contributed by atoms with Crippen LogP contribution in [0.3, 0.4) is 0 Å². The highest BCUT2D eigenvalue weighted by Crippen LogP contribution is 2.38. The molecule has 2 saturated carbocycles. The molecular formula is C14H23N3O2S. The van der Waals surface area contributed by atoms with Gasteiger partial charge in [0.15, 0.2) is 0 Å². The summed E-state index contributed by atoms with van der Waals surface area (Å²) in [5.41, 5.74) is 6.66. The van der Waals surface area contributed by atoms with Gasteiger partial charge in [0, 0.05) is 37.6 Å². The lowest BCUT2D eigenvalue weighted by atomic mass is 10.3. The Morgan fingerprint density at radius 2 is 1.95 bits per heavy atom. The van der Waals surface area contributed by atoms with E-state index in [0.29, 0.717) is 17.5 Å². The Bertz CT molecular complexity index is 584. The Morgan fingerprint density at radius 3 is 2.50 bits per heavy atom. The van der Waals surface area contributed by atoms with Crippen molar-refractivity contribution in [3.8, 4) is 0 Å². The van der Waals surface area contributed by atoms with Crippen LogP contribution in [0.25, 0.3) is 0 Å². The van der Waals surface area contributed by atoms with Gasteiger partial charge in [0.1, 0.15) is 4.90 Å². The number of rotatable bonds is 5. The number of nitrogens with zero attached hydrogens (tertiary/aromatic N) is 2. The maximum atomic E-state index is 12.7. The fraction of sp³-hybridized carbons (Fsp3) is 0.714. The lowest BCUT2D eigenvalue weighted by Crippen LogP contribution is -2.35. The fourth-order valence-electron chi connectivity index (χ4n) is 3.12. The molecule has 2 fully saturated rings. The summed E-state index contributed by atoms with van der Waals surface area (Å²) in [4.78, 5) is 0.402. The third-order valence-electron chi connectivity index (χ3n) is 4.57. The minimum Gasteiger partial charge on any atom is -0.346 e. The largest absolute Gasteiger partial charge is 0.346 e. The average molecular weight is 297 g/mol. The topological polar surface area (TPSA) is 68.3 Å². The molecule has 3 rings (SSSR count). The summed E-state index contributed by atoms with van der Waals surface area (Å²) < 4.78 is 29.0. The third kappa shape index (κ3) is 2.40. The first-order valence-electron chi connectivity index (χ1n) is 7.43. The molecule has 1 aromatic heterocycles. The monoisotopic (exact) mass is 297 g/mol. The van der Waals surface area contributed by atoms with Gasteiger partial charge in [0.2, 0.25) is 10.0 Å². The summed E-state index contributed by atoms with van der Waals surface area (Å²) in [5, 5.41) is 0. The van der Waals surface area contributed by atoms with Gasteiger partial charge in [-0.3, -0.25) is 0 Å². The van der Waals surface area contributed by atoms with Crippen LogP contribution in [-0.4, -0.2) is 30.4 Å². The van der Waals surface area contributed by atoms with E-state index in [9.17, 15) is 8.42 Å². The molecule has 20 heavy (non-hydrogen) atoms. The van der Waals surface area contributed by atoms with Crippen LogP contribution in [0.15, 0.2) is 17.2 Å². The van der Waals surface area contributed by atoms with Crippen LogP contribution in [0, 0.1) is 0 Å². The number of sulfonamides is 1. The van der Waals surface area contributed by atoms with Gasteiger partial charge in [-0.25, -0.2) is 8.42 Å². The first-order valence-corrected chi connectivity index (χ1v) is 8.87. The molecule has 0 atom stereocenters. The maximum Gasteiger partial charge on any atom is 0.244 e. The molecular weight excluding hydrogens is 274 g/mol. The lowest BCUT2D eigenvalue weighted by Gasteiger charge is -2.22. The molecule has 1 aromatic rings. The Balaban J connectivity index is 1.90. The highest BCUT2D eigenvalue weighted by Gasteiger charge is 2.33. The van der Waals surface area contributed by atoms with Gasteiger partial charge in [-0.2, -0.15) is 4.31 Å². The number of nitrogens with two attached hydrogens (primary N) is 1. The van der Waals surface area contributed by atoms with Crippen molar-refractivity contribution in [1.82, 2.24) is 8.87 Å². The lowest BCUT2D eigenvalue weighted by molar-refractivity contribution is 0.373. The second kappa shape index (κ2) is 5.16. The quantitative estimate of drug-likeness (QED) is 0.901. The van der Waals surface area contributed by atoms with Gasteiger partial charge < -0.3 is 10.3 Å². The highest BCUT2D eigenvalue weighted by atomic mass is 32.2. The van der Waals surface area contributed by atoms with Crippen molar-refractivity contribution in [3.05, 3.63) is 18.0 Å². The van der Waals surface area contributed by atoms with Crippen molar-refractivity contribution in [2.24, 2.45) is 5.73 Å². The minimum absolute atomic E-state index is 0.158. The van der Waals surface area contributed by atoms with Crippen molar-refractivity contribution < 1.29 is 8.42 Å². The molecule has 0 saturated heterocycles. The molecule has 1 heterocycles. The Labute approximate surface area is 120 Å². The molecule has 0 aliphatic heterocycles. The standard InChI is InChI=1S/C14H23N3O2S/c1-16(11-4-2-3-5-11)20(18,19)14-8-13(9-15)17(10-14)12-6-7-12/h8,10-12H,2-7,9,15H2,1H3. The molecule has 6 heteroatoms. The Morgan fingerprint density at radius 1 is 1.30 bits per heavy atom. The molecule has 0 radical (unpaired) electrons. The molecule has 2 aliphatic rings. The minimum atomic E-state index is -3.38. The normalized spacial score (nSPS) is 20.9. The van der Waals surface area contributed by atoms with Crippen LogP contribution in [0.4, 0.5) is 0 Å². The van der Waals surface area contributed by atoms with Gasteiger partial charge >= 0.3 is 0 Å². The van der Waals surface area contributed by atoms with Gasteiger partial charge in [-0.15, -0.1) is 0 Å². The van der Waals surface area contributed by atoms with Crippen LogP contribution in [-0.2, 0) is 16.6 Å². The molecule has 2 N–H and O–H groups in total. The van der Waals surface area contributed by atoms with Gasteiger partial charge in [0.25, 0.3) is 0 Å². The first-order chi connectivity index (χ1) is 9.54. The predicted molar refractivity (Wildman–Crippen MR) is 77.8 cm³/mol. The van der Waals surface area contributed by atoms with Crippen LogP contribution in [0.2, 0.25) is 0 Å². The van der Waals surface area contributed by atoms with E-state index in [0.717, 1.165) is 44.2 Å². The summed E-state index contributed by atoms with van der Waals surface area (Å²) >= 11 is 0. The maximum absolute atomic E-state index is 12.7. The fourth-order valence-corrected chi connectivity index (χ4v) is 4.59. The molecule has 112 valence electrons. The number of hydrogen-bond donors (Lipinski definition) is 1. The van der Waals surface area contributed by atoms with E-state index in [1.165, 1.54) is 0 Å². The molecule has 2 aliphatic carbocycles. The summed E-state index contributed by atoms with van der Waals surface area (Å²) in [6, 6.07) is 2.36. The number of aromatic nitrogens is 1. The van der Waals surface area contributed by atoms with E-state index >= 15 is 0 Å². The molecule has 0 spiro atoms. The van der Waals surface area contributed by atoms with Gasteiger partial charge in [-0.05, 0) is 31.7 Å². The van der Waals surface area contributed by atoms with Crippen LogP contribution < -0.4 is 5.73 Å². The van der Waals surface area contributed by atoms with E-state index in [4.69, 9.17) is 5.73 Å². The van der Waals surface area contributed by atoms with Crippen LogP contribution >= 0.6 is 0 Å². The van der Waals surface area contributed by atoms with Crippen molar-refractivity contribution in [2.75, 3.05) is 7.05 Å². The van der Waals surface area contributed by atoms with Crippen molar-refractivity contribution in [3.63, 3.8) is 0 Å². The Hall–Kier alpha value is -0.850.